The monoisotopic (exact) mass is 349 g/mol. The van der Waals surface area contributed by atoms with Gasteiger partial charge in [0.2, 0.25) is 0 Å². The van der Waals surface area contributed by atoms with Crippen LogP contribution >= 0.6 is 0 Å². The second-order valence-electron chi connectivity index (χ2n) is 4.95. The number of carbonyl (C=O) groups excluding carboxylic acids is 3. The van der Waals surface area contributed by atoms with Crippen molar-refractivity contribution in [3.05, 3.63) is 35.4 Å². The van der Waals surface area contributed by atoms with Gasteiger partial charge in [-0.2, -0.15) is 0 Å². The summed E-state index contributed by atoms with van der Waals surface area (Å²) in [7, 11) is 2.55. The summed E-state index contributed by atoms with van der Waals surface area (Å²) in [5.74, 6) is 2.61. The van der Waals surface area contributed by atoms with Crippen LogP contribution in [0.4, 0.5) is 0 Å². The number of aliphatic hydroxyl groups excluding tert-OH is 2. The lowest BCUT2D eigenvalue weighted by molar-refractivity contribution is -0.140. The Bertz CT molecular complexity index is 676. The van der Waals surface area contributed by atoms with E-state index in [-0.39, 0.29) is 5.56 Å². The molecule has 9 nitrogen and oxygen atoms in total. The fraction of sp³-hybridized carbons (Fsp3) is 0.312. The Kier molecular flexibility index (Phi) is 7.55. The number of benzene rings is 1. The van der Waals surface area contributed by atoms with Crippen LogP contribution in [0, 0.1) is 11.8 Å². The number of carbonyl (C=O) groups is 3. The van der Waals surface area contributed by atoms with E-state index in [1.807, 2.05) is 0 Å². The second-order valence-corrected chi connectivity index (χ2v) is 4.95. The van der Waals surface area contributed by atoms with Crippen LogP contribution in [-0.2, 0) is 9.59 Å². The third-order valence-corrected chi connectivity index (χ3v) is 3.25. The molecule has 3 amide bonds. The molecule has 1 rings (SSSR count). The van der Waals surface area contributed by atoms with Crippen molar-refractivity contribution in [1.82, 2.24) is 15.7 Å². The fourth-order valence-electron chi connectivity index (χ4n) is 1.90. The zero-order valence-electron chi connectivity index (χ0n) is 13.7. The smallest absolute Gasteiger partial charge is 0.275 e. The lowest BCUT2D eigenvalue weighted by Crippen LogP contribution is -2.54. The van der Waals surface area contributed by atoms with E-state index in [0.717, 1.165) is 4.90 Å². The number of nitrogens with zero attached hydrogens (tertiary/aromatic N) is 1. The van der Waals surface area contributed by atoms with Gasteiger partial charge in [0.15, 0.2) is 6.04 Å². The standard InChI is InChI=1S/C16H19N3O6/c1-17-14(22)13(15(23)18-25)19(2)16(24)11-6-3-10(4-7-11)5-8-12(21)9-20/h3-4,6-7,12-13,20-21,25H,9H2,1-2H3,(H,17,22)(H,18,23). The van der Waals surface area contributed by atoms with Gasteiger partial charge in [0.05, 0.1) is 6.61 Å². The van der Waals surface area contributed by atoms with Gasteiger partial charge >= 0.3 is 0 Å². The highest BCUT2D eigenvalue weighted by Crippen LogP contribution is 2.09. The van der Waals surface area contributed by atoms with E-state index in [9.17, 15) is 14.4 Å². The van der Waals surface area contributed by atoms with E-state index in [1.165, 1.54) is 43.8 Å². The summed E-state index contributed by atoms with van der Waals surface area (Å²) in [6, 6.07) is 4.36. The molecule has 0 aliphatic carbocycles. The fourth-order valence-corrected chi connectivity index (χ4v) is 1.90. The second kappa shape index (κ2) is 9.39. The van der Waals surface area contributed by atoms with Gasteiger partial charge in [-0.25, -0.2) is 5.48 Å². The van der Waals surface area contributed by atoms with E-state index >= 15 is 0 Å². The van der Waals surface area contributed by atoms with Crippen LogP contribution in [0.15, 0.2) is 24.3 Å². The number of nitrogens with one attached hydrogen (secondary N) is 2. The molecule has 0 saturated carbocycles. The van der Waals surface area contributed by atoms with Crippen molar-refractivity contribution in [2.75, 3.05) is 20.7 Å². The topological polar surface area (TPSA) is 139 Å². The van der Waals surface area contributed by atoms with Crippen LogP contribution in [0.1, 0.15) is 15.9 Å². The van der Waals surface area contributed by atoms with Crippen LogP contribution in [0.5, 0.6) is 0 Å². The third kappa shape index (κ3) is 5.29. The number of amides is 3. The Labute approximate surface area is 144 Å². The van der Waals surface area contributed by atoms with E-state index in [4.69, 9.17) is 15.4 Å². The molecule has 1 aromatic carbocycles. The Morgan fingerprint density at radius 1 is 1.20 bits per heavy atom. The van der Waals surface area contributed by atoms with Crippen molar-refractivity contribution in [3.8, 4) is 11.8 Å². The molecule has 0 spiro atoms. The van der Waals surface area contributed by atoms with E-state index in [0.29, 0.717) is 5.56 Å². The van der Waals surface area contributed by atoms with Crippen molar-refractivity contribution in [3.63, 3.8) is 0 Å². The Balaban J connectivity index is 2.99. The number of hydrogen-bond donors (Lipinski definition) is 5. The summed E-state index contributed by atoms with van der Waals surface area (Å²) in [4.78, 5) is 36.7. The maximum atomic E-state index is 12.4. The lowest BCUT2D eigenvalue weighted by atomic mass is 10.1. The van der Waals surface area contributed by atoms with Gasteiger partial charge in [0.1, 0.15) is 6.10 Å². The van der Waals surface area contributed by atoms with Crippen LogP contribution < -0.4 is 10.8 Å². The van der Waals surface area contributed by atoms with Gasteiger partial charge < -0.3 is 20.4 Å². The highest BCUT2D eigenvalue weighted by atomic mass is 16.5. The SMILES string of the molecule is CNC(=O)C(C(=O)NO)N(C)C(=O)c1ccc(C#CC(O)CO)cc1. The minimum atomic E-state index is -1.54. The molecule has 134 valence electrons. The summed E-state index contributed by atoms with van der Waals surface area (Å²) in [6.07, 6.45) is -1.15. The molecular formula is C16H19N3O6. The third-order valence-electron chi connectivity index (χ3n) is 3.25. The molecule has 9 heteroatoms. The van der Waals surface area contributed by atoms with Gasteiger partial charge in [-0.3, -0.25) is 19.6 Å². The Hall–Kier alpha value is -2.93. The first kappa shape index (κ1) is 20.1. The number of likely N-dealkylation sites (N-methyl/N-ethyl adjacent to an activating group) is 2. The van der Waals surface area contributed by atoms with Gasteiger partial charge in [-0.1, -0.05) is 11.8 Å². The molecule has 0 saturated heterocycles. The molecular weight excluding hydrogens is 330 g/mol. The van der Waals surface area contributed by atoms with Crippen molar-refractivity contribution >= 4 is 17.7 Å². The zero-order valence-corrected chi connectivity index (χ0v) is 13.7. The van der Waals surface area contributed by atoms with Crippen molar-refractivity contribution < 1.29 is 29.8 Å². The average molecular weight is 349 g/mol. The van der Waals surface area contributed by atoms with Crippen molar-refractivity contribution in [1.29, 1.82) is 0 Å². The average Bonchev–Trinajstić information content (AvgIpc) is 2.65. The van der Waals surface area contributed by atoms with Crippen LogP contribution in [-0.4, -0.2) is 70.9 Å². The first-order valence-corrected chi connectivity index (χ1v) is 7.19. The van der Waals surface area contributed by atoms with Gasteiger partial charge in [0.25, 0.3) is 17.7 Å². The number of rotatable bonds is 5. The highest BCUT2D eigenvalue weighted by Gasteiger charge is 2.33. The highest BCUT2D eigenvalue weighted by molar-refractivity contribution is 6.08. The maximum absolute atomic E-state index is 12.4. The Morgan fingerprint density at radius 2 is 1.80 bits per heavy atom. The molecule has 1 aromatic rings. The minimum absolute atomic E-state index is 0.190. The molecule has 5 N–H and O–H groups in total. The summed E-state index contributed by atoms with van der Waals surface area (Å²) in [6.45, 7) is -0.484. The van der Waals surface area contributed by atoms with Crippen LogP contribution in [0.3, 0.4) is 0 Å². The lowest BCUT2D eigenvalue weighted by Gasteiger charge is -2.25. The normalized spacial score (nSPS) is 12.2. The predicted octanol–water partition coefficient (Wildman–Crippen LogP) is -1.92. The van der Waals surface area contributed by atoms with E-state index in [1.54, 1.807) is 0 Å². The van der Waals surface area contributed by atoms with Crippen LogP contribution in [0.2, 0.25) is 0 Å². The molecule has 2 atom stereocenters. The van der Waals surface area contributed by atoms with Gasteiger partial charge in [0, 0.05) is 25.2 Å². The summed E-state index contributed by atoms with van der Waals surface area (Å²) in [5, 5.41) is 28.8. The molecule has 2 unspecified atom stereocenters. The van der Waals surface area contributed by atoms with Crippen LogP contribution in [0.25, 0.3) is 0 Å². The molecule has 0 heterocycles. The van der Waals surface area contributed by atoms with Gasteiger partial charge in [-0.15, -0.1) is 0 Å². The van der Waals surface area contributed by atoms with E-state index < -0.39 is 36.5 Å². The summed E-state index contributed by atoms with van der Waals surface area (Å²) < 4.78 is 0. The van der Waals surface area contributed by atoms with Crippen molar-refractivity contribution in [2.24, 2.45) is 0 Å². The zero-order chi connectivity index (χ0) is 19.0. The Morgan fingerprint density at radius 3 is 2.28 bits per heavy atom. The maximum Gasteiger partial charge on any atom is 0.275 e. The number of hydrogen-bond acceptors (Lipinski definition) is 6. The molecule has 0 aliphatic heterocycles. The molecule has 0 bridgehead atoms. The van der Waals surface area contributed by atoms with Gasteiger partial charge in [-0.05, 0) is 24.3 Å². The summed E-state index contributed by atoms with van der Waals surface area (Å²) in [5.41, 5.74) is 2.05. The molecule has 0 fully saturated rings. The first-order chi connectivity index (χ1) is 11.8. The summed E-state index contributed by atoms with van der Waals surface area (Å²) >= 11 is 0. The molecule has 0 radical (unpaired) electrons. The predicted molar refractivity (Wildman–Crippen MR) is 86.3 cm³/mol. The molecule has 0 aromatic heterocycles. The molecule has 25 heavy (non-hydrogen) atoms. The number of hydroxylamine groups is 1. The largest absolute Gasteiger partial charge is 0.393 e. The first-order valence-electron chi connectivity index (χ1n) is 7.19. The molecule has 0 aliphatic rings. The quantitative estimate of drug-likeness (QED) is 0.182. The van der Waals surface area contributed by atoms with E-state index in [2.05, 4.69) is 17.2 Å². The van der Waals surface area contributed by atoms with Crippen molar-refractivity contribution in [2.45, 2.75) is 12.1 Å². The minimum Gasteiger partial charge on any atom is -0.393 e. The number of aliphatic hydroxyl groups is 2.